The molecule has 0 amide bonds. The molecule has 1 aliphatic rings. The normalized spacial score (nSPS) is 15.1. The minimum atomic E-state index is 0.534. The van der Waals surface area contributed by atoms with Crippen LogP contribution in [-0.4, -0.2) is 0 Å². The molecule has 3 nitrogen and oxygen atoms in total. The van der Waals surface area contributed by atoms with E-state index in [0.29, 0.717) is 11.5 Å². The summed E-state index contributed by atoms with van der Waals surface area (Å²) in [5.41, 5.74) is 7.28. The van der Waals surface area contributed by atoms with Gasteiger partial charge in [-0.25, -0.2) is 4.57 Å². The van der Waals surface area contributed by atoms with Crippen LogP contribution in [0.5, 0.6) is 0 Å². The van der Waals surface area contributed by atoms with Gasteiger partial charge in [-0.05, 0) is 61.1 Å². The maximum Gasteiger partial charge on any atom is 0.212 e. The third-order valence-electron chi connectivity index (χ3n) is 6.49. The van der Waals surface area contributed by atoms with E-state index >= 15 is 0 Å². The summed E-state index contributed by atoms with van der Waals surface area (Å²) in [6.07, 6.45) is 8.37. The van der Waals surface area contributed by atoms with Crippen molar-refractivity contribution < 1.29 is 8.98 Å². The van der Waals surface area contributed by atoms with Gasteiger partial charge in [0.05, 0.1) is 11.6 Å². The number of aromatic nitrogens is 1. The van der Waals surface area contributed by atoms with Gasteiger partial charge in [0.15, 0.2) is 6.20 Å². The van der Waals surface area contributed by atoms with Gasteiger partial charge in [-0.2, -0.15) is 5.26 Å². The Kier molecular flexibility index (Phi) is 4.36. The van der Waals surface area contributed by atoms with E-state index in [2.05, 4.69) is 61.1 Å². The van der Waals surface area contributed by atoms with Gasteiger partial charge in [-0.1, -0.05) is 25.3 Å². The summed E-state index contributed by atoms with van der Waals surface area (Å²) in [5.74, 6) is 0.534. The fourth-order valence-electron chi connectivity index (χ4n) is 4.95. The highest BCUT2D eigenvalue weighted by molar-refractivity contribution is 6.10. The third-order valence-corrected chi connectivity index (χ3v) is 6.49. The van der Waals surface area contributed by atoms with Crippen LogP contribution in [-0.2, 0) is 7.05 Å². The fourth-order valence-corrected chi connectivity index (χ4v) is 4.95. The number of hydrogen-bond donors (Lipinski definition) is 0. The highest BCUT2D eigenvalue weighted by Crippen LogP contribution is 2.42. The quantitative estimate of drug-likeness (QED) is 0.382. The molecule has 3 heteroatoms. The standard InChI is InChI=1S/C26H25N2O/c1-17-14-24-22(15-21(17)23-10-6-7-13-28(23)2)25-19(16-27)11-12-20(26(25)29-24)18-8-4-3-5-9-18/h6-7,10-15,18H,3-5,8-9H2,1-2H3/q+1. The molecule has 4 aromatic rings. The number of benzene rings is 2. The Morgan fingerprint density at radius 3 is 2.66 bits per heavy atom. The lowest BCUT2D eigenvalue weighted by Gasteiger charge is -2.22. The summed E-state index contributed by atoms with van der Waals surface area (Å²) in [4.78, 5) is 0. The maximum absolute atomic E-state index is 9.80. The first-order valence-corrected chi connectivity index (χ1v) is 10.5. The smallest absolute Gasteiger partial charge is 0.212 e. The minimum absolute atomic E-state index is 0.534. The van der Waals surface area contributed by atoms with Crippen LogP contribution in [0.4, 0.5) is 0 Å². The van der Waals surface area contributed by atoms with Gasteiger partial charge >= 0.3 is 0 Å². The highest BCUT2D eigenvalue weighted by atomic mass is 16.3. The molecule has 144 valence electrons. The molecular formula is C26H25N2O+. The zero-order valence-electron chi connectivity index (χ0n) is 17.0. The lowest BCUT2D eigenvalue weighted by Crippen LogP contribution is -2.30. The Bertz CT molecular complexity index is 1270. The van der Waals surface area contributed by atoms with Crippen molar-refractivity contribution in [2.75, 3.05) is 0 Å². The first-order valence-electron chi connectivity index (χ1n) is 10.5. The van der Waals surface area contributed by atoms with Crippen molar-refractivity contribution in [3.05, 3.63) is 65.4 Å². The molecule has 29 heavy (non-hydrogen) atoms. The average molecular weight is 381 g/mol. The first-order chi connectivity index (χ1) is 14.2. The van der Waals surface area contributed by atoms with Gasteiger partial charge in [0, 0.05) is 28.5 Å². The molecule has 0 aliphatic heterocycles. The number of hydrogen-bond acceptors (Lipinski definition) is 2. The number of rotatable bonds is 2. The molecule has 0 unspecified atom stereocenters. The van der Waals surface area contributed by atoms with E-state index < -0.39 is 0 Å². The summed E-state index contributed by atoms with van der Waals surface area (Å²) in [7, 11) is 2.06. The third kappa shape index (κ3) is 2.91. The lowest BCUT2D eigenvalue weighted by atomic mass is 9.83. The fraction of sp³-hybridized carbons (Fsp3) is 0.308. The maximum atomic E-state index is 9.80. The molecule has 0 atom stereocenters. The lowest BCUT2D eigenvalue weighted by molar-refractivity contribution is -0.660. The van der Waals surface area contributed by atoms with Crippen molar-refractivity contribution in [2.45, 2.75) is 44.9 Å². The Morgan fingerprint density at radius 2 is 1.90 bits per heavy atom. The molecule has 5 rings (SSSR count). The zero-order valence-corrected chi connectivity index (χ0v) is 17.0. The van der Waals surface area contributed by atoms with E-state index in [4.69, 9.17) is 4.42 Å². The topological polar surface area (TPSA) is 40.8 Å². The van der Waals surface area contributed by atoms with E-state index in [1.54, 1.807) is 0 Å². The summed E-state index contributed by atoms with van der Waals surface area (Å²) in [6, 6.07) is 17.1. The van der Waals surface area contributed by atoms with E-state index in [-0.39, 0.29) is 0 Å². The number of furan rings is 1. The second-order valence-corrected chi connectivity index (χ2v) is 8.32. The summed E-state index contributed by atoms with van der Waals surface area (Å²) in [6.45, 7) is 2.13. The number of nitrogens with zero attached hydrogens (tertiary/aromatic N) is 2. The Balaban J connectivity index is 1.80. The number of pyridine rings is 1. The molecule has 0 spiro atoms. The van der Waals surface area contributed by atoms with Gasteiger partial charge in [0.2, 0.25) is 5.69 Å². The SMILES string of the molecule is Cc1cc2oc3c(C4CCCCC4)ccc(C#N)c3c2cc1-c1cccc[n+]1C. The molecule has 1 fully saturated rings. The van der Waals surface area contributed by atoms with E-state index in [0.717, 1.165) is 27.6 Å². The minimum Gasteiger partial charge on any atom is -0.456 e. The zero-order chi connectivity index (χ0) is 20.0. The van der Waals surface area contributed by atoms with Gasteiger partial charge in [-0.3, -0.25) is 0 Å². The summed E-state index contributed by atoms with van der Waals surface area (Å²) in [5, 5.41) is 11.8. The van der Waals surface area contributed by atoms with E-state index in [1.165, 1.54) is 48.8 Å². The van der Waals surface area contributed by atoms with Crippen molar-refractivity contribution in [3.8, 4) is 17.3 Å². The first kappa shape index (κ1) is 17.9. The van der Waals surface area contributed by atoms with Crippen LogP contribution in [0.2, 0.25) is 0 Å². The van der Waals surface area contributed by atoms with Crippen LogP contribution in [0, 0.1) is 18.3 Å². The van der Waals surface area contributed by atoms with Gasteiger partial charge in [0.25, 0.3) is 0 Å². The van der Waals surface area contributed by atoms with Crippen LogP contribution in [0.25, 0.3) is 33.2 Å². The monoisotopic (exact) mass is 381 g/mol. The van der Waals surface area contributed by atoms with Gasteiger partial charge < -0.3 is 4.42 Å². The molecule has 0 N–H and O–H groups in total. The van der Waals surface area contributed by atoms with Crippen LogP contribution in [0.3, 0.4) is 0 Å². The highest BCUT2D eigenvalue weighted by Gasteiger charge is 2.24. The number of nitriles is 1. The van der Waals surface area contributed by atoms with Crippen molar-refractivity contribution in [3.63, 3.8) is 0 Å². The predicted octanol–water partition coefficient (Wildman–Crippen LogP) is 6.31. The Hall–Kier alpha value is -3.12. The van der Waals surface area contributed by atoms with Crippen molar-refractivity contribution in [2.24, 2.45) is 7.05 Å². The number of fused-ring (bicyclic) bond motifs is 3. The van der Waals surface area contributed by atoms with Crippen LogP contribution >= 0.6 is 0 Å². The summed E-state index contributed by atoms with van der Waals surface area (Å²) < 4.78 is 8.56. The van der Waals surface area contributed by atoms with Crippen molar-refractivity contribution in [1.29, 1.82) is 5.26 Å². The Morgan fingerprint density at radius 1 is 1.07 bits per heavy atom. The molecule has 2 heterocycles. The van der Waals surface area contributed by atoms with Crippen molar-refractivity contribution >= 4 is 21.9 Å². The molecule has 0 saturated heterocycles. The second kappa shape index (κ2) is 7.04. The molecule has 0 radical (unpaired) electrons. The second-order valence-electron chi connectivity index (χ2n) is 8.32. The van der Waals surface area contributed by atoms with Crippen LogP contribution < -0.4 is 4.57 Å². The number of aryl methyl sites for hydroxylation is 2. The molecule has 1 aliphatic carbocycles. The summed E-state index contributed by atoms with van der Waals surface area (Å²) >= 11 is 0. The molecule has 2 aromatic carbocycles. The van der Waals surface area contributed by atoms with Crippen molar-refractivity contribution in [1.82, 2.24) is 0 Å². The van der Waals surface area contributed by atoms with Gasteiger partial charge in [0.1, 0.15) is 18.2 Å². The predicted molar refractivity (Wildman–Crippen MR) is 116 cm³/mol. The molecule has 1 saturated carbocycles. The van der Waals surface area contributed by atoms with Gasteiger partial charge in [-0.15, -0.1) is 0 Å². The Labute approximate surface area is 171 Å². The van der Waals surface area contributed by atoms with Crippen LogP contribution in [0.1, 0.15) is 54.7 Å². The molecule has 2 aromatic heterocycles. The largest absolute Gasteiger partial charge is 0.456 e. The van der Waals surface area contributed by atoms with Crippen LogP contribution in [0.15, 0.2) is 53.1 Å². The van der Waals surface area contributed by atoms with E-state index in [9.17, 15) is 5.26 Å². The molecule has 0 bridgehead atoms. The molecular weight excluding hydrogens is 356 g/mol. The average Bonchev–Trinajstić information content (AvgIpc) is 3.12. The van der Waals surface area contributed by atoms with E-state index in [1.807, 2.05) is 12.1 Å².